The highest BCUT2D eigenvalue weighted by Crippen LogP contribution is 2.40. The molecule has 1 saturated heterocycles. The molecule has 1 rings (SSSR count). The van der Waals surface area contributed by atoms with E-state index < -0.39 is 26.1 Å². The lowest BCUT2D eigenvalue weighted by Gasteiger charge is -2.53. The molecule has 0 aromatic heterocycles. The second kappa shape index (κ2) is 7.16. The Hall–Kier alpha value is -0.883. The average molecular weight is 358 g/mol. The Labute approximate surface area is 148 Å². The number of carbonyl (C=O) groups excluding carboxylic acids is 2. The van der Waals surface area contributed by atoms with E-state index in [-0.39, 0.29) is 17.4 Å². The maximum Gasteiger partial charge on any atom is 0.417 e. The van der Waals surface area contributed by atoms with Crippen molar-refractivity contribution in [2.24, 2.45) is 5.41 Å². The minimum atomic E-state index is -1.92. The van der Waals surface area contributed by atoms with Crippen molar-refractivity contribution in [2.45, 2.75) is 98.2 Å². The van der Waals surface area contributed by atoms with Crippen LogP contribution in [0.5, 0.6) is 0 Å². The molecule has 140 valence electrons. The third-order valence-corrected chi connectivity index (χ3v) is 9.45. The lowest BCUT2D eigenvalue weighted by atomic mass is 9.77. The van der Waals surface area contributed by atoms with Crippen LogP contribution in [0.3, 0.4) is 0 Å². The fraction of sp³-hybridized carbons (Fsp3) is 0.889. The van der Waals surface area contributed by atoms with Crippen LogP contribution in [0.4, 0.5) is 4.79 Å². The summed E-state index contributed by atoms with van der Waals surface area (Å²) in [5.74, 6) is -0.253. The first-order chi connectivity index (χ1) is 10.8. The molecule has 0 unspecified atom stereocenters. The standard InChI is InChI=1S/C18H35NO4Si/c1-10-24(11-2,12-3)23-13-14(17(4,5)6)19(15(13)20)16(21)22-18(7,8)9/h13-14H,10-12H2,1-9H3/t13-,14-/m0/s1. The number of rotatable bonds is 5. The first-order valence-electron chi connectivity index (χ1n) is 9.05. The molecule has 5 nitrogen and oxygen atoms in total. The van der Waals surface area contributed by atoms with Gasteiger partial charge in [-0.15, -0.1) is 0 Å². The van der Waals surface area contributed by atoms with Gasteiger partial charge in [-0.2, -0.15) is 0 Å². The molecule has 0 N–H and O–H groups in total. The Morgan fingerprint density at radius 2 is 1.50 bits per heavy atom. The van der Waals surface area contributed by atoms with Gasteiger partial charge < -0.3 is 9.16 Å². The van der Waals surface area contributed by atoms with Crippen LogP contribution in [0, 0.1) is 5.41 Å². The third kappa shape index (κ3) is 4.39. The summed E-state index contributed by atoms with van der Waals surface area (Å²) in [5.41, 5.74) is -0.884. The summed E-state index contributed by atoms with van der Waals surface area (Å²) in [6.45, 7) is 17.9. The second-order valence-electron chi connectivity index (χ2n) is 8.78. The van der Waals surface area contributed by atoms with Crippen molar-refractivity contribution in [3.63, 3.8) is 0 Å². The maximum atomic E-state index is 12.7. The van der Waals surface area contributed by atoms with Crippen molar-refractivity contribution in [3.8, 4) is 0 Å². The van der Waals surface area contributed by atoms with Crippen molar-refractivity contribution >= 4 is 20.3 Å². The zero-order chi connectivity index (χ0) is 18.9. The molecule has 2 atom stereocenters. The molecule has 24 heavy (non-hydrogen) atoms. The highest BCUT2D eigenvalue weighted by atomic mass is 28.4. The molecule has 0 aromatic carbocycles. The van der Waals surface area contributed by atoms with Crippen molar-refractivity contribution < 1.29 is 18.8 Å². The summed E-state index contributed by atoms with van der Waals surface area (Å²) in [6.07, 6.45) is -1.09. The van der Waals surface area contributed by atoms with Crippen LogP contribution >= 0.6 is 0 Å². The second-order valence-corrected chi connectivity index (χ2v) is 13.5. The number of β-lactam (4-membered cyclic amide) rings is 1. The molecule has 0 aliphatic carbocycles. The number of hydrogen-bond acceptors (Lipinski definition) is 4. The number of likely N-dealkylation sites (tertiary alicyclic amines) is 1. The zero-order valence-electron chi connectivity index (χ0n) is 16.9. The largest absolute Gasteiger partial charge is 0.443 e. The lowest BCUT2D eigenvalue weighted by molar-refractivity contribution is -0.170. The smallest absolute Gasteiger partial charge is 0.417 e. The molecule has 0 bridgehead atoms. The fourth-order valence-electron chi connectivity index (χ4n) is 3.20. The molecule has 1 aliphatic rings. The van der Waals surface area contributed by atoms with Gasteiger partial charge in [0.05, 0.1) is 6.04 Å². The Kier molecular flexibility index (Phi) is 6.31. The van der Waals surface area contributed by atoms with Gasteiger partial charge in [0.2, 0.25) is 0 Å². The van der Waals surface area contributed by atoms with E-state index in [1.807, 2.05) is 20.8 Å². The van der Waals surface area contributed by atoms with E-state index in [0.29, 0.717) is 0 Å². The number of hydrogen-bond donors (Lipinski definition) is 0. The van der Waals surface area contributed by atoms with Gasteiger partial charge in [0.25, 0.3) is 5.91 Å². The fourth-order valence-corrected chi connectivity index (χ4v) is 5.97. The predicted molar refractivity (Wildman–Crippen MR) is 98.4 cm³/mol. The van der Waals surface area contributed by atoms with Crippen molar-refractivity contribution in [2.75, 3.05) is 0 Å². The van der Waals surface area contributed by atoms with E-state index in [0.717, 1.165) is 18.1 Å². The Morgan fingerprint density at radius 3 is 1.83 bits per heavy atom. The zero-order valence-corrected chi connectivity index (χ0v) is 17.9. The van der Waals surface area contributed by atoms with Gasteiger partial charge in [0.15, 0.2) is 8.32 Å². The SMILES string of the molecule is CC[Si](CC)(CC)O[C@@H]1C(=O)N(C(=O)OC(C)(C)C)[C@@H]1C(C)(C)C. The molecule has 6 heteroatoms. The van der Waals surface area contributed by atoms with Crippen LogP contribution < -0.4 is 0 Å². The molecule has 2 amide bonds. The molecule has 0 radical (unpaired) electrons. The van der Waals surface area contributed by atoms with Gasteiger partial charge in [0, 0.05) is 0 Å². The van der Waals surface area contributed by atoms with Crippen LogP contribution in [0.25, 0.3) is 0 Å². The lowest BCUT2D eigenvalue weighted by Crippen LogP contribution is -2.73. The van der Waals surface area contributed by atoms with Gasteiger partial charge in [-0.25, -0.2) is 9.69 Å². The summed E-state index contributed by atoms with van der Waals surface area (Å²) >= 11 is 0. The van der Waals surface area contributed by atoms with E-state index in [4.69, 9.17) is 9.16 Å². The van der Waals surface area contributed by atoms with E-state index in [9.17, 15) is 9.59 Å². The molecule has 1 fully saturated rings. The highest BCUT2D eigenvalue weighted by molar-refractivity contribution is 6.73. The minimum Gasteiger partial charge on any atom is -0.443 e. The van der Waals surface area contributed by atoms with Crippen LogP contribution in [-0.4, -0.2) is 43.0 Å². The number of carbonyl (C=O) groups is 2. The number of imide groups is 1. The molecule has 1 aliphatic heterocycles. The first-order valence-corrected chi connectivity index (χ1v) is 11.6. The average Bonchev–Trinajstić information content (AvgIpc) is 2.43. The van der Waals surface area contributed by atoms with Gasteiger partial charge in [-0.1, -0.05) is 41.5 Å². The molecule has 0 saturated carbocycles. The van der Waals surface area contributed by atoms with Crippen LogP contribution in [0.15, 0.2) is 0 Å². The summed E-state index contributed by atoms with van der Waals surface area (Å²) < 4.78 is 11.8. The maximum absolute atomic E-state index is 12.7. The van der Waals surface area contributed by atoms with Crippen molar-refractivity contribution in [3.05, 3.63) is 0 Å². The van der Waals surface area contributed by atoms with Crippen LogP contribution in [0.1, 0.15) is 62.3 Å². The van der Waals surface area contributed by atoms with E-state index in [1.165, 1.54) is 4.90 Å². The molecule has 1 heterocycles. The Bertz CT molecular complexity index is 466. The summed E-state index contributed by atoms with van der Waals surface area (Å²) in [7, 11) is -1.92. The Balaban J connectivity index is 3.05. The van der Waals surface area contributed by atoms with E-state index in [1.54, 1.807) is 20.8 Å². The Morgan fingerprint density at radius 1 is 1.04 bits per heavy atom. The van der Waals surface area contributed by atoms with E-state index in [2.05, 4.69) is 20.8 Å². The number of amides is 2. The van der Waals surface area contributed by atoms with Crippen molar-refractivity contribution in [1.29, 1.82) is 0 Å². The highest BCUT2D eigenvalue weighted by Gasteiger charge is 2.59. The summed E-state index contributed by atoms with van der Waals surface area (Å²) in [4.78, 5) is 26.4. The van der Waals surface area contributed by atoms with Gasteiger partial charge in [0.1, 0.15) is 11.7 Å². The minimum absolute atomic E-state index is 0.253. The van der Waals surface area contributed by atoms with Crippen molar-refractivity contribution in [1.82, 2.24) is 4.90 Å². The summed E-state index contributed by atoms with van der Waals surface area (Å²) in [5, 5.41) is 0. The van der Waals surface area contributed by atoms with Crippen LogP contribution in [0.2, 0.25) is 18.1 Å². The topological polar surface area (TPSA) is 55.8 Å². The van der Waals surface area contributed by atoms with E-state index >= 15 is 0 Å². The molecule has 0 spiro atoms. The summed E-state index contributed by atoms with van der Waals surface area (Å²) in [6, 6.07) is 2.66. The van der Waals surface area contributed by atoms with Gasteiger partial charge >= 0.3 is 6.09 Å². The number of ether oxygens (including phenoxy) is 1. The quantitative estimate of drug-likeness (QED) is 0.534. The number of nitrogens with zero attached hydrogens (tertiary/aromatic N) is 1. The molecular formula is C18H35NO4Si. The predicted octanol–water partition coefficient (Wildman–Crippen LogP) is 4.57. The monoisotopic (exact) mass is 357 g/mol. The first kappa shape index (κ1) is 21.2. The van der Waals surface area contributed by atoms with Gasteiger partial charge in [-0.05, 0) is 44.3 Å². The van der Waals surface area contributed by atoms with Crippen LogP contribution in [-0.2, 0) is 14.0 Å². The normalized spacial score (nSPS) is 22.4. The molecule has 0 aromatic rings. The molecular weight excluding hydrogens is 322 g/mol. The van der Waals surface area contributed by atoms with Gasteiger partial charge in [-0.3, -0.25) is 4.79 Å². The third-order valence-electron chi connectivity index (χ3n) is 4.83.